The van der Waals surface area contributed by atoms with Crippen LogP contribution >= 0.6 is 0 Å². The highest BCUT2D eigenvalue weighted by Crippen LogP contribution is 2.72. The third-order valence-electron chi connectivity index (χ3n) is 7.38. The van der Waals surface area contributed by atoms with Gasteiger partial charge in [0.25, 0.3) is 0 Å². The zero-order valence-corrected chi connectivity index (χ0v) is 15.3. The van der Waals surface area contributed by atoms with E-state index in [1.165, 1.54) is 0 Å². The molecule has 6 rings (SSSR count). The van der Waals surface area contributed by atoms with Crippen molar-refractivity contribution in [3.63, 3.8) is 0 Å². The van der Waals surface area contributed by atoms with Crippen LogP contribution in [0.4, 0.5) is 0 Å². The highest BCUT2D eigenvalue weighted by Gasteiger charge is 2.77. The van der Waals surface area contributed by atoms with Crippen LogP contribution in [0.3, 0.4) is 0 Å². The minimum absolute atomic E-state index is 0.0170. The van der Waals surface area contributed by atoms with Crippen LogP contribution in [0.1, 0.15) is 53.7 Å². The molecule has 2 aliphatic carbocycles. The Bertz CT molecular complexity index is 1010. The first-order chi connectivity index (χ1) is 12.3. The summed E-state index contributed by atoms with van der Waals surface area (Å²) in [5.41, 5.74) is 0.921. The fraction of sp³-hybridized carbons (Fsp3) is 0.364. The van der Waals surface area contributed by atoms with Gasteiger partial charge in [-0.15, -0.1) is 0 Å². The molecule has 0 aromatic heterocycles. The van der Waals surface area contributed by atoms with Crippen molar-refractivity contribution < 1.29 is 19.1 Å². The minimum atomic E-state index is -1.01. The van der Waals surface area contributed by atoms with Crippen molar-refractivity contribution in [1.82, 2.24) is 0 Å². The van der Waals surface area contributed by atoms with Gasteiger partial charge in [0.2, 0.25) is 0 Å². The Hall–Kier alpha value is -2.62. The zero-order chi connectivity index (χ0) is 18.5. The number of hydrogen-bond acceptors (Lipinski definition) is 4. The van der Waals surface area contributed by atoms with Gasteiger partial charge in [-0.3, -0.25) is 9.59 Å². The highest BCUT2D eigenvalue weighted by atomic mass is 16.6. The molecule has 1 saturated heterocycles. The molecule has 132 valence electrons. The highest BCUT2D eigenvalue weighted by molar-refractivity contribution is 6.11. The summed E-state index contributed by atoms with van der Waals surface area (Å²) < 4.78 is 11.3. The van der Waals surface area contributed by atoms with Crippen LogP contribution in [0, 0.1) is 5.41 Å². The summed E-state index contributed by atoms with van der Waals surface area (Å²) >= 11 is 0. The first-order valence-corrected chi connectivity index (χ1v) is 8.86. The molecule has 2 aromatic carbocycles. The molecule has 2 bridgehead atoms. The Kier molecular flexibility index (Phi) is 2.63. The molecule has 4 nitrogen and oxygen atoms in total. The summed E-state index contributed by atoms with van der Waals surface area (Å²) in [6, 6.07) is 13.5. The van der Waals surface area contributed by atoms with E-state index in [1.807, 2.05) is 57.2 Å². The largest absolute Gasteiger partial charge is 0.497 e. The van der Waals surface area contributed by atoms with Crippen LogP contribution in [-0.4, -0.2) is 18.9 Å². The summed E-state index contributed by atoms with van der Waals surface area (Å²) in [5.74, 6) is -0.0830. The second-order valence-corrected chi connectivity index (χ2v) is 8.04. The Morgan fingerprint density at radius 1 is 1.00 bits per heavy atom. The lowest BCUT2D eigenvalue weighted by atomic mass is 9.44. The molecule has 1 fully saturated rings. The first kappa shape index (κ1) is 15.6. The van der Waals surface area contributed by atoms with Crippen molar-refractivity contribution in [2.75, 3.05) is 7.11 Å². The Balaban J connectivity index is 1.91. The third kappa shape index (κ3) is 1.31. The molecule has 0 radical (unpaired) electrons. The fourth-order valence-electron chi connectivity index (χ4n) is 5.77. The average Bonchev–Trinajstić information content (AvgIpc) is 2.82. The number of fused-ring (bicyclic) bond motifs is 2. The molecule has 4 heteroatoms. The van der Waals surface area contributed by atoms with Crippen molar-refractivity contribution >= 4 is 11.8 Å². The van der Waals surface area contributed by atoms with Crippen LogP contribution in [-0.2, 0) is 20.5 Å². The number of carbonyl (C=O) groups excluding carboxylic acids is 2. The lowest BCUT2D eigenvalue weighted by Crippen LogP contribution is -2.68. The van der Waals surface area contributed by atoms with Gasteiger partial charge in [0.05, 0.1) is 18.4 Å². The van der Waals surface area contributed by atoms with E-state index in [4.69, 9.17) is 9.47 Å². The maximum absolute atomic E-state index is 13.7. The predicted molar refractivity (Wildman–Crippen MR) is 95.4 cm³/mol. The topological polar surface area (TPSA) is 52.6 Å². The van der Waals surface area contributed by atoms with Crippen LogP contribution in [0.2, 0.25) is 0 Å². The summed E-state index contributed by atoms with van der Waals surface area (Å²) in [6.07, 6.45) is 0. The number of rotatable bonds is 1. The summed E-state index contributed by atoms with van der Waals surface area (Å²) in [7, 11) is 1.59. The summed E-state index contributed by atoms with van der Waals surface area (Å²) in [6.45, 7) is 5.89. The second-order valence-electron chi connectivity index (χ2n) is 8.04. The van der Waals surface area contributed by atoms with Crippen molar-refractivity contribution in [3.8, 4) is 5.75 Å². The van der Waals surface area contributed by atoms with Crippen molar-refractivity contribution in [1.29, 1.82) is 0 Å². The third-order valence-corrected chi connectivity index (χ3v) is 7.38. The van der Waals surface area contributed by atoms with E-state index >= 15 is 0 Å². The standard InChI is InChI=1S/C22H20O4/c1-20-15-10-9-12(25-4)11-14(15)18(23)21(20,2)22(3)16-8-6-5-7-13(16)17(20)19(24)26-22/h5-11,17H,1-4H3/t17-,20+,21-,22+/m1/s1. The van der Waals surface area contributed by atoms with Crippen LogP contribution in [0.5, 0.6) is 5.75 Å². The molecule has 2 aliphatic heterocycles. The Morgan fingerprint density at radius 2 is 1.73 bits per heavy atom. The zero-order valence-electron chi connectivity index (χ0n) is 15.3. The predicted octanol–water partition coefficient (Wildman–Crippen LogP) is 3.72. The van der Waals surface area contributed by atoms with Gasteiger partial charge in [-0.25, -0.2) is 0 Å². The van der Waals surface area contributed by atoms with Crippen LogP contribution in [0.15, 0.2) is 42.5 Å². The summed E-state index contributed by atoms with van der Waals surface area (Å²) in [4.78, 5) is 26.7. The van der Waals surface area contributed by atoms with Crippen LogP contribution < -0.4 is 4.74 Å². The molecule has 2 aromatic rings. The van der Waals surface area contributed by atoms with Crippen LogP contribution in [0.25, 0.3) is 0 Å². The normalized spacial score (nSPS) is 36.2. The van der Waals surface area contributed by atoms with Gasteiger partial charge >= 0.3 is 5.97 Å². The number of esters is 1. The lowest BCUT2D eigenvalue weighted by molar-refractivity contribution is -0.207. The number of benzene rings is 2. The number of Topliss-reactive ketones (excluding diaryl/α,β-unsaturated/α-hetero) is 1. The number of hydrogen-bond donors (Lipinski definition) is 0. The number of ketones is 1. The molecule has 0 spiro atoms. The van der Waals surface area contributed by atoms with E-state index < -0.39 is 22.3 Å². The molecular weight excluding hydrogens is 328 g/mol. The number of methoxy groups -OCH3 is 1. The van der Waals surface area contributed by atoms with Gasteiger partial charge in [-0.05, 0) is 37.1 Å². The molecule has 0 amide bonds. The van der Waals surface area contributed by atoms with E-state index in [9.17, 15) is 9.59 Å². The molecule has 4 atom stereocenters. The SMILES string of the molecule is COc1ccc2c(c1)C(=O)[C@@]1(C)[C@@]3(C)OC(=O)[C@@H](c4ccccc43)[C@]21C. The molecule has 0 unspecified atom stereocenters. The van der Waals surface area contributed by atoms with Gasteiger partial charge in [-0.2, -0.15) is 0 Å². The Morgan fingerprint density at radius 3 is 2.46 bits per heavy atom. The van der Waals surface area contributed by atoms with Crippen molar-refractivity contribution in [3.05, 3.63) is 64.7 Å². The maximum atomic E-state index is 13.7. The lowest BCUT2D eigenvalue weighted by Gasteiger charge is -2.62. The molecule has 0 saturated carbocycles. The number of ether oxygens (including phenoxy) is 2. The smallest absolute Gasteiger partial charge is 0.315 e. The van der Waals surface area contributed by atoms with Crippen molar-refractivity contribution in [2.24, 2.45) is 5.41 Å². The molecule has 4 aliphatic rings. The van der Waals surface area contributed by atoms with Gasteiger partial charge in [0.1, 0.15) is 11.4 Å². The molecular formula is C22H20O4. The molecule has 2 heterocycles. The van der Waals surface area contributed by atoms with E-state index in [-0.39, 0.29) is 11.8 Å². The molecule has 26 heavy (non-hydrogen) atoms. The van der Waals surface area contributed by atoms with E-state index in [2.05, 4.69) is 0 Å². The average molecular weight is 348 g/mol. The fourth-order valence-corrected chi connectivity index (χ4v) is 5.77. The summed E-state index contributed by atoms with van der Waals surface area (Å²) in [5, 5.41) is 0. The quantitative estimate of drug-likeness (QED) is 0.737. The van der Waals surface area contributed by atoms with Gasteiger partial charge in [0, 0.05) is 16.5 Å². The maximum Gasteiger partial charge on any atom is 0.315 e. The number of carbonyl (C=O) groups is 2. The minimum Gasteiger partial charge on any atom is -0.497 e. The Labute approximate surface area is 152 Å². The first-order valence-electron chi connectivity index (χ1n) is 8.86. The second kappa shape index (κ2) is 4.37. The van der Waals surface area contributed by atoms with Crippen molar-refractivity contribution in [2.45, 2.75) is 37.7 Å². The van der Waals surface area contributed by atoms with E-state index in [0.717, 1.165) is 16.7 Å². The van der Waals surface area contributed by atoms with Gasteiger partial charge < -0.3 is 9.47 Å². The van der Waals surface area contributed by atoms with E-state index in [1.54, 1.807) is 13.2 Å². The van der Waals surface area contributed by atoms with Gasteiger partial charge in [0.15, 0.2) is 5.78 Å². The van der Waals surface area contributed by atoms with Gasteiger partial charge in [-0.1, -0.05) is 37.3 Å². The molecule has 0 N–H and O–H groups in total. The van der Waals surface area contributed by atoms with E-state index in [0.29, 0.717) is 11.3 Å². The monoisotopic (exact) mass is 348 g/mol.